The Labute approximate surface area is 138 Å². The Kier molecular flexibility index (Phi) is 5.96. The quantitative estimate of drug-likeness (QED) is 0.290. The molecule has 0 N–H and O–H groups in total. The summed E-state index contributed by atoms with van der Waals surface area (Å²) in [6.45, 7) is 4.09. The molecule has 0 amide bonds. The number of thioether (sulfide) groups is 1. The Morgan fingerprint density at radius 2 is 1.67 bits per heavy atom. The number of nitrogens with zero attached hydrogens (tertiary/aromatic N) is 4. The van der Waals surface area contributed by atoms with E-state index in [9.17, 15) is 0 Å². The van der Waals surface area contributed by atoms with Crippen LogP contribution in [-0.4, -0.2) is 15.7 Å². The third-order valence-corrected chi connectivity index (χ3v) is 4.09. The first-order valence-corrected chi connectivity index (χ1v) is 8.18. The van der Waals surface area contributed by atoms with Gasteiger partial charge in [0.25, 0.3) is 0 Å². The highest BCUT2D eigenvalue weighted by molar-refractivity contribution is 7.99. The predicted molar refractivity (Wildman–Crippen MR) is 88.4 cm³/mol. The van der Waals surface area contributed by atoms with E-state index in [1.165, 1.54) is 11.8 Å². The summed E-state index contributed by atoms with van der Waals surface area (Å²) in [5, 5.41) is 9.14. The van der Waals surface area contributed by atoms with Crippen LogP contribution in [0.5, 0.6) is 0 Å². The summed E-state index contributed by atoms with van der Waals surface area (Å²) in [6, 6.07) is 7.65. The van der Waals surface area contributed by atoms with Crippen molar-refractivity contribution in [1.82, 2.24) is 9.97 Å². The van der Waals surface area contributed by atoms with E-state index in [1.54, 1.807) is 0 Å². The molecule has 0 fully saturated rings. The summed E-state index contributed by atoms with van der Waals surface area (Å²) >= 11 is 13.7. The van der Waals surface area contributed by atoms with Crippen LogP contribution in [0.4, 0.5) is 11.4 Å². The highest BCUT2D eigenvalue weighted by atomic mass is 35.5. The molecule has 2 aromatic rings. The van der Waals surface area contributed by atoms with E-state index in [4.69, 9.17) is 23.2 Å². The van der Waals surface area contributed by atoms with Gasteiger partial charge < -0.3 is 0 Å². The summed E-state index contributed by atoms with van der Waals surface area (Å²) < 4.78 is 0. The molecule has 0 spiro atoms. The molecule has 7 heteroatoms. The Morgan fingerprint density at radius 3 is 2.24 bits per heavy atom. The molecule has 0 aliphatic rings. The number of hydrogen-bond donors (Lipinski definition) is 0. The number of halogens is 2. The van der Waals surface area contributed by atoms with Crippen LogP contribution in [0, 0.1) is 6.92 Å². The van der Waals surface area contributed by atoms with E-state index < -0.39 is 0 Å². The van der Waals surface area contributed by atoms with Crippen LogP contribution in [0.25, 0.3) is 0 Å². The number of aryl methyl sites for hydroxylation is 1. The number of azo groups is 1. The molecule has 0 radical (unpaired) electrons. The van der Waals surface area contributed by atoms with E-state index in [1.807, 2.05) is 31.2 Å². The van der Waals surface area contributed by atoms with Gasteiger partial charge in [-0.25, -0.2) is 9.97 Å². The SMILES string of the molecule is CCCSc1nc(Cl)c(/N=N/c2ccc(C)cc2)c(Cl)n1. The number of rotatable bonds is 5. The minimum atomic E-state index is 0.212. The van der Waals surface area contributed by atoms with Crippen LogP contribution in [-0.2, 0) is 0 Å². The maximum absolute atomic E-state index is 6.10. The minimum absolute atomic E-state index is 0.212. The number of aromatic nitrogens is 2. The Bertz CT molecular complexity index is 621. The molecule has 0 saturated heterocycles. The average Bonchev–Trinajstić information content (AvgIpc) is 2.46. The fourth-order valence-electron chi connectivity index (χ4n) is 1.44. The van der Waals surface area contributed by atoms with Crippen molar-refractivity contribution in [2.24, 2.45) is 10.2 Å². The molecule has 1 aromatic heterocycles. The van der Waals surface area contributed by atoms with Crippen LogP contribution >= 0.6 is 35.0 Å². The van der Waals surface area contributed by atoms with Gasteiger partial charge in [0, 0.05) is 5.75 Å². The van der Waals surface area contributed by atoms with Crippen molar-refractivity contribution in [3.8, 4) is 0 Å². The van der Waals surface area contributed by atoms with Gasteiger partial charge in [-0.15, -0.1) is 5.11 Å². The van der Waals surface area contributed by atoms with Gasteiger partial charge in [0.05, 0.1) is 5.69 Å². The molecule has 0 unspecified atom stereocenters. The zero-order chi connectivity index (χ0) is 15.2. The molecule has 4 nitrogen and oxygen atoms in total. The smallest absolute Gasteiger partial charge is 0.190 e. The van der Waals surface area contributed by atoms with E-state index in [2.05, 4.69) is 27.1 Å². The standard InChI is InChI=1S/C14H14Cl2N4S/c1-3-8-21-14-17-12(15)11(13(16)18-14)20-19-10-6-4-9(2)5-7-10/h4-7H,3,8H2,1-2H3/b20-19+. The van der Waals surface area contributed by atoms with Crippen molar-refractivity contribution in [3.63, 3.8) is 0 Å². The van der Waals surface area contributed by atoms with Crippen LogP contribution in [0.3, 0.4) is 0 Å². The molecule has 2 rings (SSSR count). The zero-order valence-corrected chi connectivity index (χ0v) is 14.0. The normalized spacial score (nSPS) is 11.2. The lowest BCUT2D eigenvalue weighted by atomic mass is 10.2. The van der Waals surface area contributed by atoms with E-state index in [0.29, 0.717) is 10.8 Å². The molecule has 21 heavy (non-hydrogen) atoms. The van der Waals surface area contributed by atoms with E-state index in [0.717, 1.165) is 23.4 Å². The monoisotopic (exact) mass is 340 g/mol. The van der Waals surface area contributed by atoms with Crippen molar-refractivity contribution >= 4 is 46.3 Å². The first kappa shape index (κ1) is 16.2. The summed E-state index contributed by atoms with van der Waals surface area (Å²) in [5.74, 6) is 0.914. The summed E-state index contributed by atoms with van der Waals surface area (Å²) in [5.41, 5.74) is 2.17. The first-order chi connectivity index (χ1) is 10.1. The van der Waals surface area contributed by atoms with Gasteiger partial charge in [0.1, 0.15) is 0 Å². The molecule has 1 heterocycles. The Balaban J connectivity index is 2.21. The van der Waals surface area contributed by atoms with Crippen molar-refractivity contribution in [3.05, 3.63) is 40.1 Å². The molecule has 0 saturated carbocycles. The van der Waals surface area contributed by atoms with Gasteiger partial charge in [0.15, 0.2) is 21.2 Å². The lowest BCUT2D eigenvalue weighted by Gasteiger charge is -2.03. The molecule has 0 bridgehead atoms. The largest absolute Gasteiger partial charge is 0.208 e. The lowest BCUT2D eigenvalue weighted by Crippen LogP contribution is -1.90. The zero-order valence-electron chi connectivity index (χ0n) is 11.7. The van der Waals surface area contributed by atoms with Crippen molar-refractivity contribution in [2.45, 2.75) is 25.4 Å². The van der Waals surface area contributed by atoms with Crippen molar-refractivity contribution in [1.29, 1.82) is 0 Å². The van der Waals surface area contributed by atoms with Crippen LogP contribution < -0.4 is 0 Å². The van der Waals surface area contributed by atoms with Gasteiger partial charge in [-0.2, -0.15) is 5.11 Å². The maximum atomic E-state index is 6.10. The number of hydrogen-bond acceptors (Lipinski definition) is 5. The minimum Gasteiger partial charge on any atom is -0.208 e. The topological polar surface area (TPSA) is 50.5 Å². The molecule has 0 aliphatic heterocycles. The second-order valence-corrected chi connectivity index (χ2v) is 6.10. The highest BCUT2D eigenvalue weighted by Crippen LogP contribution is 2.33. The summed E-state index contributed by atoms with van der Waals surface area (Å²) in [7, 11) is 0. The Morgan fingerprint density at radius 1 is 1.05 bits per heavy atom. The van der Waals surface area contributed by atoms with Gasteiger partial charge >= 0.3 is 0 Å². The average molecular weight is 341 g/mol. The van der Waals surface area contributed by atoms with Gasteiger partial charge in [-0.05, 0) is 25.5 Å². The third-order valence-electron chi connectivity index (χ3n) is 2.51. The summed E-state index contributed by atoms with van der Waals surface area (Å²) in [4.78, 5) is 8.35. The first-order valence-electron chi connectivity index (χ1n) is 6.44. The van der Waals surface area contributed by atoms with Crippen LogP contribution in [0.15, 0.2) is 39.7 Å². The number of benzene rings is 1. The second kappa shape index (κ2) is 7.73. The molecule has 1 aromatic carbocycles. The van der Waals surface area contributed by atoms with Crippen LogP contribution in [0.1, 0.15) is 18.9 Å². The van der Waals surface area contributed by atoms with Gasteiger partial charge in [0.2, 0.25) is 0 Å². The maximum Gasteiger partial charge on any atom is 0.190 e. The molecule has 110 valence electrons. The molecule has 0 atom stereocenters. The van der Waals surface area contributed by atoms with Gasteiger partial charge in [-0.3, -0.25) is 0 Å². The molecular formula is C14H14Cl2N4S. The van der Waals surface area contributed by atoms with Gasteiger partial charge in [-0.1, -0.05) is 59.6 Å². The highest BCUT2D eigenvalue weighted by Gasteiger charge is 2.11. The second-order valence-electron chi connectivity index (χ2n) is 4.32. The van der Waals surface area contributed by atoms with E-state index >= 15 is 0 Å². The Hall–Kier alpha value is -1.17. The lowest BCUT2D eigenvalue weighted by molar-refractivity contribution is 0.955. The predicted octanol–water partition coefficient (Wildman–Crippen LogP) is 6.01. The molecular weight excluding hydrogens is 327 g/mol. The van der Waals surface area contributed by atoms with E-state index in [-0.39, 0.29) is 10.3 Å². The fraction of sp³-hybridized carbons (Fsp3) is 0.286. The van der Waals surface area contributed by atoms with Crippen molar-refractivity contribution < 1.29 is 0 Å². The third kappa shape index (κ3) is 4.66. The summed E-state index contributed by atoms with van der Waals surface area (Å²) in [6.07, 6.45) is 1.03. The molecule has 0 aliphatic carbocycles. The van der Waals surface area contributed by atoms with Crippen LogP contribution in [0.2, 0.25) is 10.3 Å². The van der Waals surface area contributed by atoms with Crippen molar-refractivity contribution in [2.75, 3.05) is 5.75 Å². The fourth-order valence-corrected chi connectivity index (χ4v) is 2.71.